The zero-order valence-corrected chi connectivity index (χ0v) is 28.8. The number of carbonyl (C=O) groups is 2. The number of pyridine rings is 1. The highest BCUT2D eigenvalue weighted by atomic mass is 32.2. The monoisotopic (exact) mass is 659 g/mol. The van der Waals surface area contributed by atoms with Crippen molar-refractivity contribution >= 4 is 63.2 Å². The molecular formula is C33H35N4O5S2Si-. The molecule has 0 aliphatic carbocycles. The van der Waals surface area contributed by atoms with Crippen molar-refractivity contribution in [1.82, 2.24) is 14.5 Å². The molecule has 0 radical (unpaired) electrons. The lowest BCUT2D eigenvalue weighted by atomic mass is 10.1. The van der Waals surface area contributed by atoms with E-state index in [0.29, 0.717) is 28.3 Å². The van der Waals surface area contributed by atoms with Gasteiger partial charge in [0.1, 0.15) is 16.3 Å². The quantitative estimate of drug-likeness (QED) is 0.0990. The molecule has 1 unspecified atom stereocenters. The van der Waals surface area contributed by atoms with Crippen LogP contribution in [0.25, 0.3) is 22.3 Å². The van der Waals surface area contributed by atoms with Crippen LogP contribution >= 0.6 is 11.3 Å². The van der Waals surface area contributed by atoms with Gasteiger partial charge in [0.15, 0.2) is 11.3 Å². The molecular weight excluding hydrogens is 625 g/mol. The van der Waals surface area contributed by atoms with Crippen molar-refractivity contribution in [3.05, 3.63) is 94.9 Å². The number of carbonyl (C=O) groups excluding carboxylic acids is 2. The first-order chi connectivity index (χ1) is 21.4. The van der Waals surface area contributed by atoms with Crippen molar-refractivity contribution in [2.75, 3.05) is 11.4 Å². The molecule has 1 atom stereocenters. The number of benzene rings is 2. The van der Waals surface area contributed by atoms with E-state index >= 15 is 0 Å². The van der Waals surface area contributed by atoms with Gasteiger partial charge < -0.3 is 13.9 Å². The van der Waals surface area contributed by atoms with Gasteiger partial charge in [-0.25, -0.2) is 19.1 Å². The van der Waals surface area contributed by atoms with E-state index in [-0.39, 0.29) is 5.69 Å². The summed E-state index contributed by atoms with van der Waals surface area (Å²) in [5.74, 6) is -0.227. The van der Waals surface area contributed by atoms with Gasteiger partial charge in [-0.15, -0.1) is 11.3 Å². The smallest absolute Gasteiger partial charge is 0.356 e. The lowest BCUT2D eigenvalue weighted by Gasteiger charge is -2.24. The average Bonchev–Trinajstić information content (AvgIpc) is 3.60. The molecule has 5 rings (SSSR count). The van der Waals surface area contributed by atoms with E-state index in [1.165, 1.54) is 18.4 Å². The standard InChI is InChI=1S/C33H36N4O5S2Si/c1-7-11-27-35-29-21(2)18-26(33(39)42-3)34-30(29)36(27)20-22-14-16-23(17-15-22)25-19-28(45(4,5)6)43-32(25)37(44(40)41)31(38)24-12-9-8-10-13-24/h8-10,12-19H,7,11,20H2,1-6H3,(H,40,41)/p-1. The first-order valence-electron chi connectivity index (χ1n) is 14.6. The van der Waals surface area contributed by atoms with Gasteiger partial charge >= 0.3 is 5.97 Å². The molecule has 3 heterocycles. The van der Waals surface area contributed by atoms with Crippen LogP contribution in [0.3, 0.4) is 0 Å². The Morgan fingerprint density at radius 3 is 2.33 bits per heavy atom. The van der Waals surface area contributed by atoms with E-state index < -0.39 is 31.2 Å². The van der Waals surface area contributed by atoms with Gasteiger partial charge in [-0.2, -0.15) is 0 Å². The number of fused-ring (bicyclic) bond motifs is 1. The van der Waals surface area contributed by atoms with Crippen LogP contribution < -0.4 is 8.81 Å². The van der Waals surface area contributed by atoms with Crippen molar-refractivity contribution < 1.29 is 23.1 Å². The maximum Gasteiger partial charge on any atom is 0.356 e. The van der Waals surface area contributed by atoms with Gasteiger partial charge in [0, 0.05) is 17.5 Å². The zero-order chi connectivity index (χ0) is 32.5. The number of esters is 1. The second-order valence-electron chi connectivity index (χ2n) is 11.8. The molecule has 5 aromatic rings. The molecule has 0 saturated carbocycles. The first-order valence-corrected chi connectivity index (χ1v) is 19.9. The molecule has 0 fully saturated rings. The number of thiophene rings is 1. The fourth-order valence-corrected chi connectivity index (χ4v) is 8.78. The molecule has 234 valence electrons. The van der Waals surface area contributed by atoms with Crippen LogP contribution in [0.1, 0.15) is 51.1 Å². The Bertz CT molecular complexity index is 1900. The second-order valence-corrected chi connectivity index (χ2v) is 19.0. The fraction of sp³-hybridized carbons (Fsp3) is 0.273. The Hall–Kier alpha value is -3.97. The summed E-state index contributed by atoms with van der Waals surface area (Å²) < 4.78 is 34.1. The number of nitrogens with zero attached hydrogens (tertiary/aromatic N) is 4. The predicted octanol–water partition coefficient (Wildman–Crippen LogP) is 6.24. The van der Waals surface area contributed by atoms with Crippen LogP contribution in [0.5, 0.6) is 0 Å². The third-order valence-electron chi connectivity index (χ3n) is 7.44. The number of methoxy groups -OCH3 is 1. The van der Waals surface area contributed by atoms with Crippen LogP contribution in [-0.2, 0) is 29.0 Å². The lowest BCUT2D eigenvalue weighted by molar-refractivity contribution is 0.0594. The van der Waals surface area contributed by atoms with Crippen molar-refractivity contribution in [1.29, 1.82) is 0 Å². The molecule has 9 nitrogen and oxygen atoms in total. The van der Waals surface area contributed by atoms with Crippen LogP contribution in [0, 0.1) is 6.92 Å². The van der Waals surface area contributed by atoms with E-state index in [9.17, 15) is 18.4 Å². The third kappa shape index (κ3) is 6.69. The first kappa shape index (κ1) is 32.4. The lowest BCUT2D eigenvalue weighted by Crippen LogP contribution is -2.35. The molecule has 0 aliphatic rings. The van der Waals surface area contributed by atoms with Crippen molar-refractivity contribution in [3.8, 4) is 11.1 Å². The predicted molar refractivity (Wildman–Crippen MR) is 182 cm³/mol. The number of imidazole rings is 1. The number of hydrogen-bond donors (Lipinski definition) is 0. The molecule has 12 heteroatoms. The summed E-state index contributed by atoms with van der Waals surface area (Å²) in [5, 5.41) is 0.378. The van der Waals surface area contributed by atoms with Gasteiger partial charge in [0.05, 0.1) is 33.0 Å². The van der Waals surface area contributed by atoms with Gasteiger partial charge in [-0.3, -0.25) is 9.00 Å². The van der Waals surface area contributed by atoms with Gasteiger partial charge in [0.25, 0.3) is 5.91 Å². The molecule has 45 heavy (non-hydrogen) atoms. The minimum atomic E-state index is -2.83. The molecule has 0 saturated heterocycles. The zero-order valence-electron chi connectivity index (χ0n) is 26.1. The maximum absolute atomic E-state index is 13.5. The highest BCUT2D eigenvalue weighted by molar-refractivity contribution is 7.82. The topological polar surface area (TPSA) is 117 Å². The summed E-state index contributed by atoms with van der Waals surface area (Å²) >= 11 is -1.47. The molecule has 0 N–H and O–H groups in total. The van der Waals surface area contributed by atoms with Crippen LogP contribution in [0.15, 0.2) is 66.7 Å². The van der Waals surface area contributed by atoms with Crippen LogP contribution in [-0.4, -0.2) is 50.4 Å². The largest absolute Gasteiger partial charge is 0.755 e. The normalized spacial score (nSPS) is 12.3. The maximum atomic E-state index is 13.5. The van der Waals surface area contributed by atoms with Crippen LogP contribution in [0.4, 0.5) is 5.00 Å². The summed E-state index contributed by atoms with van der Waals surface area (Å²) in [7, 11) is -0.522. The molecule has 2 aromatic carbocycles. The molecule has 3 aromatic heterocycles. The van der Waals surface area contributed by atoms with Crippen molar-refractivity contribution in [2.24, 2.45) is 0 Å². The summed E-state index contributed by atoms with van der Waals surface area (Å²) in [4.78, 5) is 35.3. The van der Waals surface area contributed by atoms with Gasteiger partial charge in [-0.1, -0.05) is 69.0 Å². The molecule has 0 bridgehead atoms. The summed E-state index contributed by atoms with van der Waals surface area (Å²) in [6.07, 6.45) is 1.64. The van der Waals surface area contributed by atoms with E-state index in [2.05, 4.69) is 31.5 Å². The highest BCUT2D eigenvalue weighted by Gasteiger charge is 2.29. The Balaban J connectivity index is 1.56. The molecule has 0 spiro atoms. The summed E-state index contributed by atoms with van der Waals surface area (Å²) in [6, 6.07) is 20.0. The number of hydrogen-bond acceptors (Lipinski definition) is 8. The number of ether oxygens (including phenoxy) is 1. The van der Waals surface area contributed by atoms with E-state index in [4.69, 9.17) is 9.72 Å². The number of amides is 1. The average molecular weight is 660 g/mol. The number of rotatable bonds is 10. The molecule has 1 amide bonds. The summed E-state index contributed by atoms with van der Waals surface area (Å²) in [6.45, 7) is 11.1. The van der Waals surface area contributed by atoms with Gasteiger partial charge in [-0.05, 0) is 58.8 Å². The highest BCUT2D eigenvalue weighted by Crippen LogP contribution is 2.38. The van der Waals surface area contributed by atoms with E-state index in [1.807, 2.05) is 41.8 Å². The third-order valence-corrected chi connectivity index (χ3v) is 12.9. The van der Waals surface area contributed by atoms with Gasteiger partial charge in [0.2, 0.25) is 0 Å². The van der Waals surface area contributed by atoms with Crippen molar-refractivity contribution in [2.45, 2.75) is 52.9 Å². The Kier molecular flexibility index (Phi) is 9.49. The number of anilines is 1. The number of aryl methyl sites for hydroxylation is 2. The van der Waals surface area contributed by atoms with Crippen molar-refractivity contribution in [3.63, 3.8) is 0 Å². The second kappa shape index (κ2) is 13.2. The Morgan fingerprint density at radius 2 is 1.73 bits per heavy atom. The summed E-state index contributed by atoms with van der Waals surface area (Å²) in [5.41, 5.74) is 5.21. The van der Waals surface area contributed by atoms with E-state index in [1.54, 1.807) is 36.4 Å². The minimum Gasteiger partial charge on any atom is -0.755 e. The van der Waals surface area contributed by atoms with E-state index in [0.717, 1.165) is 49.7 Å². The van der Waals surface area contributed by atoms with Crippen LogP contribution in [0.2, 0.25) is 19.6 Å². The SMILES string of the molecule is CCCc1nc2c(C)cc(C(=O)OC)nc2n1Cc1ccc(-c2cc([Si](C)(C)C)sc2N(C(=O)c2ccccc2)S(=O)[O-])cc1. The Morgan fingerprint density at radius 1 is 1.04 bits per heavy atom. The number of aromatic nitrogens is 3. The minimum absolute atomic E-state index is 0.232. The molecule has 0 aliphatic heterocycles. The Labute approximate surface area is 270 Å². The fourth-order valence-electron chi connectivity index (χ4n) is 5.08.